The van der Waals surface area contributed by atoms with Gasteiger partial charge in [0.25, 0.3) is 5.91 Å². The van der Waals surface area contributed by atoms with Crippen LogP contribution in [0.1, 0.15) is 47.2 Å². The molecule has 0 aliphatic carbocycles. The van der Waals surface area contributed by atoms with Gasteiger partial charge in [0, 0.05) is 18.2 Å². The van der Waals surface area contributed by atoms with Gasteiger partial charge in [0.05, 0.1) is 34.9 Å². The third kappa shape index (κ3) is 6.00. The molecule has 37 heavy (non-hydrogen) atoms. The van der Waals surface area contributed by atoms with Gasteiger partial charge in [0.2, 0.25) is 0 Å². The van der Waals surface area contributed by atoms with Gasteiger partial charge in [-0.05, 0) is 81.1 Å². The first kappa shape index (κ1) is 26.0. The lowest BCUT2D eigenvalue weighted by atomic mass is 10.1. The Kier molecular flexibility index (Phi) is 7.93. The molecule has 0 N–H and O–H groups in total. The zero-order valence-electron chi connectivity index (χ0n) is 20.9. The van der Waals surface area contributed by atoms with Crippen molar-refractivity contribution in [1.29, 1.82) is 0 Å². The van der Waals surface area contributed by atoms with Crippen molar-refractivity contribution in [2.75, 3.05) is 13.7 Å². The summed E-state index contributed by atoms with van der Waals surface area (Å²) < 4.78 is 16.0. The molecule has 1 amide bonds. The molecule has 9 heteroatoms. The largest absolute Gasteiger partial charge is 0.465 e. The molecule has 0 spiro atoms. The number of furan rings is 1. The number of aliphatic imine (C=N–C) groups is 1. The highest BCUT2D eigenvalue weighted by Gasteiger charge is 2.32. The molecule has 3 aromatic rings. The first-order valence-electron chi connectivity index (χ1n) is 11.7. The van der Waals surface area contributed by atoms with E-state index in [0.29, 0.717) is 45.0 Å². The van der Waals surface area contributed by atoms with Crippen LogP contribution in [-0.4, -0.2) is 47.7 Å². The fourth-order valence-electron chi connectivity index (χ4n) is 3.57. The van der Waals surface area contributed by atoms with Gasteiger partial charge in [0.1, 0.15) is 11.5 Å². The summed E-state index contributed by atoms with van der Waals surface area (Å²) in [6, 6.07) is 17.2. The number of nitrogens with zero attached hydrogens (tertiary/aromatic N) is 2. The molecule has 1 saturated heterocycles. The normalized spacial score (nSPS) is 15.6. The fraction of sp³-hybridized carbons (Fsp3) is 0.214. The molecular weight excluding hydrogens is 492 g/mol. The first-order valence-corrected chi connectivity index (χ1v) is 12.5. The van der Waals surface area contributed by atoms with Gasteiger partial charge >= 0.3 is 11.9 Å². The Morgan fingerprint density at radius 3 is 2.49 bits per heavy atom. The van der Waals surface area contributed by atoms with Crippen LogP contribution in [0.2, 0.25) is 0 Å². The maximum absolute atomic E-state index is 13.0. The van der Waals surface area contributed by atoms with E-state index < -0.39 is 11.9 Å². The van der Waals surface area contributed by atoms with Gasteiger partial charge in [-0.15, -0.1) is 0 Å². The van der Waals surface area contributed by atoms with E-state index in [9.17, 15) is 14.4 Å². The number of thioether (sulfide) groups is 1. The van der Waals surface area contributed by atoms with Crippen LogP contribution in [0.4, 0.5) is 5.69 Å². The Hall–Kier alpha value is -4.11. The van der Waals surface area contributed by atoms with Crippen LogP contribution in [0.3, 0.4) is 0 Å². The molecule has 2 aromatic carbocycles. The Labute approximate surface area is 219 Å². The van der Waals surface area contributed by atoms with E-state index in [4.69, 9.17) is 13.9 Å². The number of amidine groups is 1. The second-order valence-corrected chi connectivity index (χ2v) is 9.34. The number of methoxy groups -OCH3 is 1. The molecular formula is C28H26N2O6S. The van der Waals surface area contributed by atoms with Crippen molar-refractivity contribution >= 4 is 46.5 Å². The second kappa shape index (κ2) is 11.3. The average Bonchev–Trinajstić information content (AvgIpc) is 3.48. The molecule has 1 aromatic heterocycles. The minimum atomic E-state index is -0.426. The predicted molar refractivity (Wildman–Crippen MR) is 143 cm³/mol. The first-order chi connectivity index (χ1) is 17.8. The number of esters is 2. The van der Waals surface area contributed by atoms with Crippen molar-refractivity contribution in [2.24, 2.45) is 4.99 Å². The highest BCUT2D eigenvalue weighted by atomic mass is 32.2. The zero-order chi connectivity index (χ0) is 26.5. The van der Waals surface area contributed by atoms with Crippen molar-refractivity contribution in [1.82, 2.24) is 4.90 Å². The Balaban J connectivity index is 1.55. The van der Waals surface area contributed by atoms with Crippen molar-refractivity contribution in [3.63, 3.8) is 0 Å². The maximum Gasteiger partial charge on any atom is 0.338 e. The van der Waals surface area contributed by atoms with Crippen LogP contribution in [0.15, 0.2) is 75.0 Å². The highest BCUT2D eigenvalue weighted by Crippen LogP contribution is 2.35. The topological polar surface area (TPSA) is 98.4 Å². The van der Waals surface area contributed by atoms with Gasteiger partial charge in [-0.1, -0.05) is 12.1 Å². The van der Waals surface area contributed by atoms with Crippen LogP contribution in [0.5, 0.6) is 0 Å². The van der Waals surface area contributed by atoms with Crippen molar-refractivity contribution in [3.05, 3.63) is 82.5 Å². The van der Waals surface area contributed by atoms with Gasteiger partial charge in [-0.3, -0.25) is 9.69 Å². The Bertz CT molecular complexity index is 1390. The lowest BCUT2D eigenvalue weighted by Crippen LogP contribution is -2.28. The summed E-state index contributed by atoms with van der Waals surface area (Å²) in [5.74, 6) is 0.0677. The minimum absolute atomic E-state index is 0.172. The van der Waals surface area contributed by atoms with E-state index in [1.807, 2.05) is 13.0 Å². The molecule has 0 atom stereocenters. The molecule has 4 rings (SSSR count). The Morgan fingerprint density at radius 1 is 1.05 bits per heavy atom. The Morgan fingerprint density at radius 2 is 1.81 bits per heavy atom. The number of amides is 1. The smallest absolute Gasteiger partial charge is 0.338 e. The van der Waals surface area contributed by atoms with Crippen LogP contribution in [-0.2, 0) is 14.3 Å². The highest BCUT2D eigenvalue weighted by molar-refractivity contribution is 8.18. The molecule has 1 fully saturated rings. The second-order valence-electron chi connectivity index (χ2n) is 8.33. The van der Waals surface area contributed by atoms with Crippen LogP contribution >= 0.6 is 11.8 Å². The summed E-state index contributed by atoms with van der Waals surface area (Å²) >= 11 is 1.25. The van der Waals surface area contributed by atoms with Crippen molar-refractivity contribution < 1.29 is 28.3 Å². The predicted octanol–water partition coefficient (Wildman–Crippen LogP) is 5.92. The molecule has 1 aliphatic rings. The lowest BCUT2D eigenvalue weighted by molar-refractivity contribution is -0.122. The van der Waals surface area contributed by atoms with Gasteiger partial charge in [0.15, 0.2) is 5.17 Å². The van der Waals surface area contributed by atoms with Gasteiger partial charge < -0.3 is 13.9 Å². The van der Waals surface area contributed by atoms with Gasteiger partial charge in [-0.2, -0.15) is 0 Å². The quantitative estimate of drug-likeness (QED) is 0.283. The van der Waals surface area contributed by atoms with E-state index in [-0.39, 0.29) is 12.0 Å². The standard InChI is InChI=1S/C28H26N2O6S/c1-5-30-25(31)24(37-28(30)29-21-11-9-18(10-12-21)26(32)34-4)16-22-13-14-23(36-22)19-7-6-8-20(15-19)27(33)35-17(2)3/h6-17H,5H2,1-4H3/b24-16+,29-28?. The molecule has 0 bridgehead atoms. The molecule has 1 aliphatic heterocycles. The third-order valence-electron chi connectivity index (χ3n) is 5.34. The number of hydrogen-bond donors (Lipinski definition) is 0. The summed E-state index contributed by atoms with van der Waals surface area (Å²) in [6.07, 6.45) is 1.47. The molecule has 0 unspecified atom stereocenters. The van der Waals surface area contributed by atoms with Crippen LogP contribution in [0, 0.1) is 0 Å². The molecule has 190 valence electrons. The average molecular weight is 519 g/mol. The van der Waals surface area contributed by atoms with E-state index in [1.54, 1.807) is 79.4 Å². The number of rotatable bonds is 7. The fourth-order valence-corrected chi connectivity index (χ4v) is 4.61. The number of ether oxygens (including phenoxy) is 2. The zero-order valence-corrected chi connectivity index (χ0v) is 21.7. The van der Waals surface area contributed by atoms with E-state index in [0.717, 1.165) is 5.56 Å². The minimum Gasteiger partial charge on any atom is -0.465 e. The maximum atomic E-state index is 13.0. The summed E-state index contributed by atoms with van der Waals surface area (Å²) in [4.78, 5) is 43.6. The summed E-state index contributed by atoms with van der Waals surface area (Å²) in [5.41, 5.74) is 2.19. The monoisotopic (exact) mass is 518 g/mol. The summed E-state index contributed by atoms with van der Waals surface area (Å²) in [7, 11) is 1.33. The summed E-state index contributed by atoms with van der Waals surface area (Å²) in [6.45, 7) is 5.92. The van der Waals surface area contributed by atoms with E-state index in [1.165, 1.54) is 18.9 Å². The van der Waals surface area contributed by atoms with Crippen LogP contribution in [0.25, 0.3) is 17.4 Å². The summed E-state index contributed by atoms with van der Waals surface area (Å²) in [5, 5.41) is 0.535. The number of benzene rings is 2. The molecule has 8 nitrogen and oxygen atoms in total. The van der Waals surface area contributed by atoms with Crippen molar-refractivity contribution in [3.8, 4) is 11.3 Å². The number of likely N-dealkylation sites (N-methyl/N-ethyl adjacent to an activating group) is 1. The van der Waals surface area contributed by atoms with Gasteiger partial charge in [-0.25, -0.2) is 14.6 Å². The van der Waals surface area contributed by atoms with E-state index >= 15 is 0 Å². The number of carbonyl (C=O) groups is 3. The number of carbonyl (C=O) groups excluding carboxylic acids is 3. The molecule has 0 saturated carbocycles. The molecule has 2 heterocycles. The third-order valence-corrected chi connectivity index (χ3v) is 6.35. The van der Waals surface area contributed by atoms with Crippen LogP contribution < -0.4 is 0 Å². The SMILES string of the molecule is CCN1C(=O)/C(=C\c2ccc(-c3cccc(C(=O)OC(C)C)c3)o2)SC1=Nc1ccc(C(=O)OC)cc1. The lowest BCUT2D eigenvalue weighted by Gasteiger charge is -2.12. The molecule has 0 radical (unpaired) electrons. The van der Waals surface area contributed by atoms with Crippen molar-refractivity contribution in [2.45, 2.75) is 26.9 Å². The van der Waals surface area contributed by atoms with E-state index in [2.05, 4.69) is 4.99 Å². The number of hydrogen-bond acceptors (Lipinski definition) is 8.